The minimum Gasteiger partial charge on any atom is -0.311 e. The maximum atomic E-state index is 4.47. The zero-order chi connectivity index (χ0) is 19.6. The number of rotatable bonds is 4. The number of halogens is 1. The zero-order valence-electron chi connectivity index (χ0n) is 15.4. The minimum atomic E-state index is 0.942. The maximum Gasteiger partial charge on any atom is 0.112 e. The smallest absolute Gasteiger partial charge is 0.112 e. The van der Waals surface area contributed by atoms with Crippen molar-refractivity contribution >= 4 is 55.8 Å². The van der Waals surface area contributed by atoms with E-state index in [0.29, 0.717) is 0 Å². The first kappa shape index (κ1) is 18.0. The molecule has 5 heteroatoms. The molecule has 0 radical (unpaired) electrons. The first-order valence-electron chi connectivity index (χ1n) is 9.22. The Morgan fingerprint density at radius 2 is 1.28 bits per heavy atom. The third kappa shape index (κ3) is 3.55. The Labute approximate surface area is 181 Å². The van der Waals surface area contributed by atoms with Crippen LogP contribution in [-0.4, -0.2) is 8.75 Å². The van der Waals surface area contributed by atoms with E-state index in [1.165, 1.54) is 11.7 Å². The molecule has 0 aliphatic carbocycles. The fourth-order valence-corrected chi connectivity index (χ4v) is 4.26. The predicted octanol–water partition coefficient (Wildman–Crippen LogP) is 7.59. The van der Waals surface area contributed by atoms with Gasteiger partial charge in [0.25, 0.3) is 0 Å². The van der Waals surface area contributed by atoms with E-state index in [4.69, 9.17) is 0 Å². The molecule has 5 aromatic rings. The fourth-order valence-electron chi connectivity index (χ4n) is 3.44. The molecule has 5 rings (SSSR count). The summed E-state index contributed by atoms with van der Waals surface area (Å²) in [6.07, 6.45) is 0. The number of benzene rings is 4. The maximum absolute atomic E-state index is 4.47. The first-order valence-corrected chi connectivity index (χ1v) is 10.7. The van der Waals surface area contributed by atoms with E-state index in [-0.39, 0.29) is 0 Å². The van der Waals surface area contributed by atoms with Crippen LogP contribution in [0.15, 0.2) is 102 Å². The Hall–Kier alpha value is -3.02. The molecule has 0 aliphatic heterocycles. The van der Waals surface area contributed by atoms with Crippen molar-refractivity contribution in [3.63, 3.8) is 0 Å². The van der Waals surface area contributed by atoms with Gasteiger partial charge in [0.2, 0.25) is 0 Å². The van der Waals surface area contributed by atoms with Crippen LogP contribution in [0, 0.1) is 0 Å². The lowest BCUT2D eigenvalue weighted by Gasteiger charge is -2.25. The molecule has 0 N–H and O–H groups in total. The lowest BCUT2D eigenvalue weighted by Crippen LogP contribution is -2.09. The summed E-state index contributed by atoms with van der Waals surface area (Å²) < 4.78 is 9.89. The second-order valence-electron chi connectivity index (χ2n) is 6.63. The Morgan fingerprint density at radius 3 is 2.00 bits per heavy atom. The molecule has 4 aromatic carbocycles. The highest BCUT2D eigenvalue weighted by Gasteiger charge is 2.13. The second-order valence-corrected chi connectivity index (χ2v) is 8.08. The third-order valence-electron chi connectivity index (χ3n) is 4.82. The molecule has 0 spiro atoms. The summed E-state index contributed by atoms with van der Waals surface area (Å²) >= 11 is 4.78. The molecule has 140 valence electrons. The highest BCUT2D eigenvalue weighted by atomic mass is 79.9. The van der Waals surface area contributed by atoms with Gasteiger partial charge in [-0.15, -0.1) is 0 Å². The molecule has 1 heterocycles. The summed E-state index contributed by atoms with van der Waals surface area (Å²) in [7, 11) is 0. The van der Waals surface area contributed by atoms with E-state index in [1.807, 2.05) is 18.2 Å². The molecule has 3 nitrogen and oxygen atoms in total. The summed E-state index contributed by atoms with van der Waals surface area (Å²) in [6, 6.07) is 33.5. The molecule has 0 aliphatic rings. The number of hydrogen-bond acceptors (Lipinski definition) is 4. The number of aromatic nitrogens is 2. The van der Waals surface area contributed by atoms with Gasteiger partial charge in [0.15, 0.2) is 0 Å². The molecule has 0 bridgehead atoms. The highest BCUT2D eigenvalue weighted by molar-refractivity contribution is 9.10. The van der Waals surface area contributed by atoms with Gasteiger partial charge in [-0.3, -0.25) is 0 Å². The number of para-hydroxylation sites is 1. The van der Waals surface area contributed by atoms with Gasteiger partial charge >= 0.3 is 0 Å². The largest absolute Gasteiger partial charge is 0.311 e. The number of hydrogen-bond donors (Lipinski definition) is 0. The first-order chi connectivity index (χ1) is 14.3. The van der Waals surface area contributed by atoms with Crippen molar-refractivity contribution in [2.24, 2.45) is 0 Å². The SMILES string of the molecule is Brc1ccc(N(c2ccccc2)c2ccc(-c3cccc4nsnc34)cc2)cc1. The third-order valence-corrected chi connectivity index (χ3v) is 5.89. The number of fused-ring (bicyclic) bond motifs is 1. The average molecular weight is 458 g/mol. The van der Waals surface area contributed by atoms with Gasteiger partial charge < -0.3 is 4.90 Å². The van der Waals surface area contributed by atoms with E-state index in [9.17, 15) is 0 Å². The summed E-state index contributed by atoms with van der Waals surface area (Å²) in [4.78, 5) is 2.25. The molecule has 0 fully saturated rings. The Bertz CT molecular complexity index is 1250. The summed E-state index contributed by atoms with van der Waals surface area (Å²) in [5, 5.41) is 0. The standard InChI is InChI=1S/C24H16BrN3S/c25-18-11-15-21(16-12-18)28(19-5-2-1-3-6-19)20-13-9-17(10-14-20)22-7-4-8-23-24(22)27-29-26-23/h1-16H. The fraction of sp³-hybridized carbons (Fsp3) is 0. The lowest BCUT2D eigenvalue weighted by molar-refractivity contribution is 1.28. The van der Waals surface area contributed by atoms with Crippen molar-refractivity contribution in [2.45, 2.75) is 0 Å². The molecule has 0 atom stereocenters. The van der Waals surface area contributed by atoms with Crippen molar-refractivity contribution in [1.82, 2.24) is 8.75 Å². The molecule has 0 saturated carbocycles. The second kappa shape index (κ2) is 7.78. The normalized spacial score (nSPS) is 10.9. The van der Waals surface area contributed by atoms with E-state index >= 15 is 0 Å². The van der Waals surface area contributed by atoms with Crippen molar-refractivity contribution < 1.29 is 0 Å². The van der Waals surface area contributed by atoms with Crippen LogP contribution in [0.2, 0.25) is 0 Å². The van der Waals surface area contributed by atoms with Crippen molar-refractivity contribution in [3.05, 3.63) is 102 Å². The van der Waals surface area contributed by atoms with Crippen molar-refractivity contribution in [2.75, 3.05) is 4.90 Å². The lowest BCUT2D eigenvalue weighted by atomic mass is 10.0. The number of anilines is 3. The van der Waals surface area contributed by atoms with Gasteiger partial charge in [0, 0.05) is 27.1 Å². The molecule has 0 unspecified atom stereocenters. The van der Waals surface area contributed by atoms with Crippen LogP contribution < -0.4 is 4.90 Å². The zero-order valence-corrected chi connectivity index (χ0v) is 17.8. The average Bonchev–Trinajstić information content (AvgIpc) is 3.26. The van der Waals surface area contributed by atoms with Crippen LogP contribution in [0.1, 0.15) is 0 Å². The number of nitrogens with zero attached hydrogens (tertiary/aromatic N) is 3. The van der Waals surface area contributed by atoms with Gasteiger partial charge in [0.1, 0.15) is 11.0 Å². The van der Waals surface area contributed by atoms with E-state index in [2.05, 4.69) is 108 Å². The van der Waals surface area contributed by atoms with E-state index < -0.39 is 0 Å². The highest BCUT2D eigenvalue weighted by Crippen LogP contribution is 2.36. The topological polar surface area (TPSA) is 29.0 Å². The Morgan fingerprint density at radius 1 is 0.621 bits per heavy atom. The van der Waals surface area contributed by atoms with Crippen LogP contribution in [0.5, 0.6) is 0 Å². The summed E-state index contributed by atoms with van der Waals surface area (Å²) in [6.45, 7) is 0. The molecule has 0 amide bonds. The quantitative estimate of drug-likeness (QED) is 0.278. The molecule has 1 aromatic heterocycles. The Balaban J connectivity index is 1.58. The monoisotopic (exact) mass is 457 g/mol. The van der Waals surface area contributed by atoms with Gasteiger partial charge in [-0.05, 0) is 60.2 Å². The molecular weight excluding hydrogens is 442 g/mol. The van der Waals surface area contributed by atoms with Crippen molar-refractivity contribution in [3.8, 4) is 11.1 Å². The van der Waals surface area contributed by atoms with Crippen LogP contribution in [0.3, 0.4) is 0 Å². The molecular formula is C24H16BrN3S. The van der Waals surface area contributed by atoms with Crippen LogP contribution in [0.4, 0.5) is 17.1 Å². The van der Waals surface area contributed by atoms with Crippen LogP contribution in [0.25, 0.3) is 22.2 Å². The minimum absolute atomic E-state index is 0.942. The molecule has 29 heavy (non-hydrogen) atoms. The van der Waals surface area contributed by atoms with Gasteiger partial charge in [-0.25, -0.2) is 0 Å². The van der Waals surface area contributed by atoms with Gasteiger partial charge in [0.05, 0.1) is 11.7 Å². The van der Waals surface area contributed by atoms with E-state index in [0.717, 1.165) is 43.7 Å². The van der Waals surface area contributed by atoms with Crippen molar-refractivity contribution in [1.29, 1.82) is 0 Å². The van der Waals surface area contributed by atoms with Gasteiger partial charge in [-0.2, -0.15) is 8.75 Å². The van der Waals surface area contributed by atoms with E-state index in [1.54, 1.807) is 0 Å². The Kier molecular flexibility index (Phi) is 4.84. The summed E-state index contributed by atoms with van der Waals surface area (Å²) in [5.74, 6) is 0. The van der Waals surface area contributed by atoms with Gasteiger partial charge in [-0.1, -0.05) is 58.4 Å². The molecule has 0 saturated heterocycles. The summed E-state index contributed by atoms with van der Waals surface area (Å²) in [5.41, 5.74) is 7.47. The van der Waals surface area contributed by atoms with Crippen LogP contribution in [-0.2, 0) is 0 Å². The van der Waals surface area contributed by atoms with Crippen LogP contribution >= 0.6 is 27.7 Å². The predicted molar refractivity (Wildman–Crippen MR) is 125 cm³/mol.